The minimum absolute atomic E-state index is 0.184. The summed E-state index contributed by atoms with van der Waals surface area (Å²) in [6.45, 7) is 0. The third-order valence-electron chi connectivity index (χ3n) is 1.47. The fraction of sp³-hybridized carbons (Fsp3) is 0.111. The second kappa shape index (κ2) is 3.77. The molecule has 2 heteroatoms. The van der Waals surface area contributed by atoms with Crippen LogP contribution in [-0.4, -0.2) is 0 Å². The summed E-state index contributed by atoms with van der Waals surface area (Å²) in [5.41, 5.74) is 3.54. The number of hydrogen-bond donors (Lipinski definition) is 2. The van der Waals surface area contributed by atoms with Crippen LogP contribution in [0.1, 0.15) is 11.6 Å². The normalized spacial score (nSPS) is 12.0. The quantitative estimate of drug-likeness (QED) is 0.368. The van der Waals surface area contributed by atoms with Crippen molar-refractivity contribution in [3.63, 3.8) is 0 Å². The van der Waals surface area contributed by atoms with Gasteiger partial charge in [-0.15, -0.1) is 6.42 Å². The van der Waals surface area contributed by atoms with Crippen molar-refractivity contribution in [1.82, 2.24) is 5.43 Å². The SMILES string of the molecule is C#CC(NN)c1ccccc1. The number of rotatable bonds is 2. The van der Waals surface area contributed by atoms with Crippen LogP contribution in [0, 0.1) is 12.3 Å². The molecular weight excluding hydrogens is 136 g/mol. The van der Waals surface area contributed by atoms with Crippen molar-refractivity contribution in [2.75, 3.05) is 0 Å². The molecule has 0 heterocycles. The first-order valence-corrected chi connectivity index (χ1v) is 3.35. The highest BCUT2D eigenvalue weighted by molar-refractivity contribution is 5.24. The van der Waals surface area contributed by atoms with Crippen LogP contribution in [0.25, 0.3) is 0 Å². The summed E-state index contributed by atoms with van der Waals surface area (Å²) in [6, 6.07) is 9.48. The number of nitrogens with two attached hydrogens (primary N) is 1. The lowest BCUT2D eigenvalue weighted by Crippen LogP contribution is -2.26. The standard InChI is InChI=1S/C9H10N2/c1-2-9(11-10)8-6-4-3-5-7-8/h1,3-7,9,11H,10H2. The minimum Gasteiger partial charge on any atom is -0.270 e. The van der Waals surface area contributed by atoms with Crippen molar-refractivity contribution < 1.29 is 0 Å². The van der Waals surface area contributed by atoms with Gasteiger partial charge < -0.3 is 0 Å². The molecule has 0 saturated carbocycles. The van der Waals surface area contributed by atoms with Gasteiger partial charge in [0.15, 0.2) is 0 Å². The molecule has 56 valence electrons. The van der Waals surface area contributed by atoms with Gasteiger partial charge in [0.25, 0.3) is 0 Å². The predicted octanol–water partition coefficient (Wildman–Crippen LogP) is 0.824. The maximum Gasteiger partial charge on any atom is 0.106 e. The van der Waals surface area contributed by atoms with Crippen LogP contribution < -0.4 is 11.3 Å². The molecule has 11 heavy (non-hydrogen) atoms. The van der Waals surface area contributed by atoms with Crippen LogP contribution in [0.3, 0.4) is 0 Å². The first-order valence-electron chi connectivity index (χ1n) is 3.35. The highest BCUT2D eigenvalue weighted by Gasteiger charge is 2.02. The second-order valence-electron chi connectivity index (χ2n) is 2.18. The summed E-state index contributed by atoms with van der Waals surface area (Å²) in [4.78, 5) is 0. The Labute approximate surface area is 66.4 Å². The number of hydrazine groups is 1. The maximum atomic E-state index is 5.22. The van der Waals surface area contributed by atoms with Crippen LogP contribution in [0.4, 0.5) is 0 Å². The molecular formula is C9H10N2. The van der Waals surface area contributed by atoms with E-state index in [-0.39, 0.29) is 6.04 Å². The number of benzene rings is 1. The molecule has 0 bridgehead atoms. The molecule has 0 spiro atoms. The van der Waals surface area contributed by atoms with Crippen molar-refractivity contribution in [1.29, 1.82) is 0 Å². The molecule has 0 amide bonds. The number of nitrogens with one attached hydrogen (secondary N) is 1. The van der Waals surface area contributed by atoms with E-state index < -0.39 is 0 Å². The van der Waals surface area contributed by atoms with E-state index >= 15 is 0 Å². The zero-order valence-corrected chi connectivity index (χ0v) is 6.12. The van der Waals surface area contributed by atoms with Gasteiger partial charge in [-0.05, 0) is 5.56 Å². The predicted molar refractivity (Wildman–Crippen MR) is 45.3 cm³/mol. The molecule has 0 radical (unpaired) electrons. The molecule has 0 aliphatic heterocycles. The Hall–Kier alpha value is -1.30. The Morgan fingerprint density at radius 3 is 2.45 bits per heavy atom. The Balaban J connectivity index is 2.85. The zero-order chi connectivity index (χ0) is 8.10. The van der Waals surface area contributed by atoms with Crippen LogP contribution in [0.2, 0.25) is 0 Å². The molecule has 1 unspecified atom stereocenters. The van der Waals surface area contributed by atoms with Gasteiger partial charge in [-0.3, -0.25) is 5.84 Å². The van der Waals surface area contributed by atoms with Crippen molar-refractivity contribution in [2.24, 2.45) is 5.84 Å². The van der Waals surface area contributed by atoms with E-state index in [1.807, 2.05) is 30.3 Å². The van der Waals surface area contributed by atoms with Crippen LogP contribution in [0.5, 0.6) is 0 Å². The van der Waals surface area contributed by atoms with Gasteiger partial charge in [0.2, 0.25) is 0 Å². The molecule has 3 N–H and O–H groups in total. The maximum absolute atomic E-state index is 5.22. The van der Waals surface area contributed by atoms with E-state index in [1.165, 1.54) is 0 Å². The number of hydrogen-bond acceptors (Lipinski definition) is 2. The van der Waals surface area contributed by atoms with E-state index in [2.05, 4.69) is 11.3 Å². The van der Waals surface area contributed by atoms with E-state index in [0.717, 1.165) is 5.56 Å². The fourth-order valence-electron chi connectivity index (χ4n) is 0.886. The lowest BCUT2D eigenvalue weighted by molar-refractivity contribution is 0.674. The average Bonchev–Trinajstić information content (AvgIpc) is 2.09. The van der Waals surface area contributed by atoms with Gasteiger partial charge in [0.1, 0.15) is 6.04 Å². The lowest BCUT2D eigenvalue weighted by Gasteiger charge is -2.07. The van der Waals surface area contributed by atoms with Gasteiger partial charge in [-0.1, -0.05) is 36.3 Å². The van der Waals surface area contributed by atoms with Gasteiger partial charge >= 0.3 is 0 Å². The summed E-state index contributed by atoms with van der Waals surface area (Å²) in [5.74, 6) is 7.75. The van der Waals surface area contributed by atoms with E-state index in [4.69, 9.17) is 12.3 Å². The average molecular weight is 146 g/mol. The molecule has 1 aromatic rings. The van der Waals surface area contributed by atoms with Crippen molar-refractivity contribution >= 4 is 0 Å². The molecule has 1 aromatic carbocycles. The Bertz CT molecular complexity index is 248. The smallest absolute Gasteiger partial charge is 0.106 e. The highest BCUT2D eigenvalue weighted by Crippen LogP contribution is 2.08. The molecule has 2 nitrogen and oxygen atoms in total. The summed E-state index contributed by atoms with van der Waals surface area (Å²) in [6.07, 6.45) is 5.22. The lowest BCUT2D eigenvalue weighted by atomic mass is 10.1. The third-order valence-corrected chi connectivity index (χ3v) is 1.47. The minimum atomic E-state index is -0.184. The van der Waals surface area contributed by atoms with Gasteiger partial charge in [0, 0.05) is 0 Å². The van der Waals surface area contributed by atoms with Crippen molar-refractivity contribution in [3.8, 4) is 12.3 Å². The summed E-state index contributed by atoms with van der Waals surface area (Å²) in [7, 11) is 0. The van der Waals surface area contributed by atoms with Crippen LogP contribution in [-0.2, 0) is 0 Å². The van der Waals surface area contributed by atoms with Gasteiger partial charge in [0.05, 0.1) is 0 Å². The van der Waals surface area contributed by atoms with E-state index in [0.29, 0.717) is 0 Å². The van der Waals surface area contributed by atoms with Gasteiger partial charge in [-0.25, -0.2) is 5.43 Å². The summed E-state index contributed by atoms with van der Waals surface area (Å²) >= 11 is 0. The Morgan fingerprint density at radius 1 is 1.36 bits per heavy atom. The Kier molecular flexibility index (Phi) is 2.67. The molecule has 1 atom stereocenters. The van der Waals surface area contributed by atoms with Gasteiger partial charge in [-0.2, -0.15) is 0 Å². The first-order chi connectivity index (χ1) is 5.38. The molecule has 0 aliphatic carbocycles. The molecule has 0 fully saturated rings. The van der Waals surface area contributed by atoms with Crippen molar-refractivity contribution in [3.05, 3.63) is 35.9 Å². The molecule has 0 saturated heterocycles. The Morgan fingerprint density at radius 2 is 2.00 bits per heavy atom. The number of terminal acetylenes is 1. The first kappa shape index (κ1) is 7.80. The molecule has 0 aliphatic rings. The highest BCUT2D eigenvalue weighted by atomic mass is 15.2. The van der Waals surface area contributed by atoms with Crippen LogP contribution >= 0.6 is 0 Å². The largest absolute Gasteiger partial charge is 0.270 e. The topological polar surface area (TPSA) is 38.0 Å². The van der Waals surface area contributed by atoms with E-state index in [9.17, 15) is 0 Å². The zero-order valence-electron chi connectivity index (χ0n) is 6.12. The third kappa shape index (κ3) is 1.81. The summed E-state index contributed by atoms with van der Waals surface area (Å²) < 4.78 is 0. The molecule has 0 aromatic heterocycles. The monoisotopic (exact) mass is 146 g/mol. The molecule has 1 rings (SSSR count). The summed E-state index contributed by atoms with van der Waals surface area (Å²) in [5, 5.41) is 0. The second-order valence-corrected chi connectivity index (χ2v) is 2.18. The fourth-order valence-corrected chi connectivity index (χ4v) is 0.886. The van der Waals surface area contributed by atoms with Crippen LogP contribution in [0.15, 0.2) is 30.3 Å². The van der Waals surface area contributed by atoms with E-state index in [1.54, 1.807) is 0 Å². The van der Waals surface area contributed by atoms with Crippen molar-refractivity contribution in [2.45, 2.75) is 6.04 Å².